The molecule has 0 bridgehead atoms. The van der Waals surface area contributed by atoms with Crippen molar-refractivity contribution in [3.8, 4) is 0 Å². The minimum Gasteiger partial charge on any atom is -0.462 e. The number of phosphoric acid groups is 1. The third-order valence-electron chi connectivity index (χ3n) is 8.78. The molecule has 4 atom stereocenters. The van der Waals surface area contributed by atoms with E-state index in [-0.39, 0.29) is 51.9 Å². The number of allylic oxidation sites excluding steroid dienone is 11. The molecular weight excluding hydrogens is 745 g/mol. The van der Waals surface area contributed by atoms with Crippen molar-refractivity contribution in [3.63, 3.8) is 0 Å². The van der Waals surface area contributed by atoms with Crippen LogP contribution in [0.4, 0.5) is 0 Å². The predicted octanol–water partition coefficient (Wildman–Crippen LogP) is 10.2. The van der Waals surface area contributed by atoms with E-state index in [1.165, 1.54) is 38.5 Å². The molecule has 1 unspecified atom stereocenters. The fraction of sp³-hybridized carbons (Fsp3) is 0.689. The van der Waals surface area contributed by atoms with Gasteiger partial charge in [-0.1, -0.05) is 132 Å². The van der Waals surface area contributed by atoms with Crippen LogP contribution < -0.4 is 5.73 Å². The van der Waals surface area contributed by atoms with Crippen LogP contribution in [0.15, 0.2) is 72.9 Å². The summed E-state index contributed by atoms with van der Waals surface area (Å²) in [5.74, 6) is -1.13. The van der Waals surface area contributed by atoms with Gasteiger partial charge in [0.05, 0.1) is 25.4 Å². The second kappa shape index (κ2) is 40.2. The van der Waals surface area contributed by atoms with E-state index in [9.17, 15) is 29.3 Å². The summed E-state index contributed by atoms with van der Waals surface area (Å²) in [5.41, 5.74) is 5.33. The van der Waals surface area contributed by atoms with Crippen molar-refractivity contribution in [2.24, 2.45) is 5.73 Å². The van der Waals surface area contributed by atoms with E-state index in [4.69, 9.17) is 24.3 Å². The molecule has 0 amide bonds. The van der Waals surface area contributed by atoms with Gasteiger partial charge in [0.25, 0.3) is 0 Å². The fourth-order valence-electron chi connectivity index (χ4n) is 5.46. The average Bonchev–Trinajstić information content (AvgIpc) is 3.19. The molecule has 0 radical (unpaired) electrons. The lowest BCUT2D eigenvalue weighted by atomic mass is 10.0. The molecule has 11 nitrogen and oxygen atoms in total. The van der Waals surface area contributed by atoms with Crippen molar-refractivity contribution < 1.29 is 47.8 Å². The molecule has 5 N–H and O–H groups in total. The van der Waals surface area contributed by atoms with Gasteiger partial charge < -0.3 is 30.3 Å². The second-order valence-corrected chi connectivity index (χ2v) is 15.6. The van der Waals surface area contributed by atoms with E-state index in [2.05, 4.69) is 68.5 Å². The Morgan fingerprint density at radius 1 is 0.614 bits per heavy atom. The third kappa shape index (κ3) is 38.6. The molecule has 0 aliphatic rings. The number of hydrogen-bond donors (Lipinski definition) is 4. The van der Waals surface area contributed by atoms with E-state index in [1.54, 1.807) is 0 Å². The van der Waals surface area contributed by atoms with Crippen molar-refractivity contribution in [3.05, 3.63) is 72.9 Å². The number of hydrogen-bond acceptors (Lipinski definition) is 10. The summed E-state index contributed by atoms with van der Waals surface area (Å²) in [4.78, 5) is 34.9. The molecule has 12 heteroatoms. The standard InChI is InChI=1S/C45H78NO10P/c1-3-5-7-9-11-13-15-17-18-19-20-21-23-25-27-29-31-35-44(49)53-39-41(40-55-57(51,52)54-38-37-46)56-45(50)36-32-34-43(48)42(47)33-30-28-26-24-22-16-14-12-10-8-6-4-2/h6,8,11-14,17-18,22,24,28,30,41-43,47-48H,3-5,7,9-10,15-16,19-21,23,25-27,29,31-40,46H2,1-2H3,(H,51,52)/b8-6-,13-11-,14-12-,18-17-,24-22-,30-28-/t41-,42-,43-/m1/s1. The number of ether oxygens (including phenoxy) is 2. The summed E-state index contributed by atoms with van der Waals surface area (Å²) in [6, 6.07) is 0. The highest BCUT2D eigenvalue weighted by molar-refractivity contribution is 7.47. The maximum absolute atomic E-state index is 12.6. The summed E-state index contributed by atoms with van der Waals surface area (Å²) in [7, 11) is -4.47. The van der Waals surface area contributed by atoms with Gasteiger partial charge in [-0.3, -0.25) is 18.6 Å². The van der Waals surface area contributed by atoms with Gasteiger partial charge in [-0.25, -0.2) is 4.57 Å². The normalized spacial score (nSPS) is 15.1. The van der Waals surface area contributed by atoms with Gasteiger partial charge in [-0.2, -0.15) is 0 Å². The number of aliphatic hydroxyl groups excluding tert-OH is 2. The molecule has 0 aromatic heterocycles. The monoisotopic (exact) mass is 824 g/mol. The van der Waals surface area contributed by atoms with E-state index < -0.39 is 44.7 Å². The minimum atomic E-state index is -4.47. The molecule has 0 saturated heterocycles. The van der Waals surface area contributed by atoms with Gasteiger partial charge in [0.15, 0.2) is 6.10 Å². The highest BCUT2D eigenvalue weighted by atomic mass is 31.2. The summed E-state index contributed by atoms with van der Waals surface area (Å²) in [6.07, 6.45) is 41.0. The first-order valence-electron chi connectivity index (χ1n) is 21.6. The Balaban J connectivity index is 4.43. The maximum Gasteiger partial charge on any atom is 0.472 e. The molecule has 0 aliphatic heterocycles. The molecule has 0 spiro atoms. The van der Waals surface area contributed by atoms with Crippen molar-refractivity contribution in [1.29, 1.82) is 0 Å². The molecule has 0 aliphatic carbocycles. The Morgan fingerprint density at radius 3 is 1.74 bits per heavy atom. The number of rotatable bonds is 39. The molecule has 0 aromatic rings. The van der Waals surface area contributed by atoms with Gasteiger partial charge in [0, 0.05) is 19.4 Å². The fourth-order valence-corrected chi connectivity index (χ4v) is 6.22. The van der Waals surface area contributed by atoms with Crippen LogP contribution in [0, 0.1) is 0 Å². The van der Waals surface area contributed by atoms with Crippen molar-refractivity contribution in [2.75, 3.05) is 26.4 Å². The first-order valence-corrected chi connectivity index (χ1v) is 23.1. The lowest BCUT2D eigenvalue weighted by Gasteiger charge is -2.20. The quantitative estimate of drug-likeness (QED) is 0.0201. The zero-order valence-corrected chi connectivity index (χ0v) is 36.2. The van der Waals surface area contributed by atoms with Crippen LogP contribution in [0.25, 0.3) is 0 Å². The van der Waals surface area contributed by atoms with Gasteiger partial charge in [-0.05, 0) is 83.5 Å². The topological polar surface area (TPSA) is 175 Å². The van der Waals surface area contributed by atoms with Crippen LogP contribution in [0.2, 0.25) is 0 Å². The minimum absolute atomic E-state index is 0.00307. The number of unbranched alkanes of at least 4 members (excludes halogenated alkanes) is 10. The highest BCUT2D eigenvalue weighted by Gasteiger charge is 2.26. The molecule has 328 valence electrons. The predicted molar refractivity (Wildman–Crippen MR) is 231 cm³/mol. The summed E-state index contributed by atoms with van der Waals surface area (Å²) in [5, 5.41) is 20.7. The third-order valence-corrected chi connectivity index (χ3v) is 9.76. The zero-order valence-electron chi connectivity index (χ0n) is 35.3. The zero-order chi connectivity index (χ0) is 42.1. The molecular formula is C45H78NO10P. The summed E-state index contributed by atoms with van der Waals surface area (Å²) in [6.45, 7) is 3.22. The Bertz CT molecular complexity index is 1200. The van der Waals surface area contributed by atoms with E-state index in [0.29, 0.717) is 6.42 Å². The highest BCUT2D eigenvalue weighted by Crippen LogP contribution is 2.43. The lowest BCUT2D eigenvalue weighted by Crippen LogP contribution is -2.30. The number of esters is 2. The van der Waals surface area contributed by atoms with E-state index in [1.807, 2.05) is 18.2 Å². The van der Waals surface area contributed by atoms with Crippen molar-refractivity contribution in [2.45, 2.75) is 173 Å². The van der Waals surface area contributed by atoms with E-state index in [0.717, 1.165) is 64.2 Å². The second-order valence-electron chi connectivity index (χ2n) is 14.1. The smallest absolute Gasteiger partial charge is 0.462 e. The van der Waals surface area contributed by atoms with Crippen LogP contribution in [0.5, 0.6) is 0 Å². The number of phosphoric ester groups is 1. The molecule has 0 saturated carbocycles. The van der Waals surface area contributed by atoms with Crippen LogP contribution in [0.3, 0.4) is 0 Å². The maximum atomic E-state index is 12.6. The molecule has 0 aromatic carbocycles. The number of carbonyl (C=O) groups is 2. The molecule has 0 fully saturated rings. The van der Waals surface area contributed by atoms with Crippen LogP contribution in [-0.4, -0.2) is 71.7 Å². The Kier molecular flexibility index (Phi) is 38.3. The van der Waals surface area contributed by atoms with Gasteiger partial charge >= 0.3 is 19.8 Å². The molecule has 57 heavy (non-hydrogen) atoms. The lowest BCUT2D eigenvalue weighted by molar-refractivity contribution is -0.161. The molecule has 0 heterocycles. The summed E-state index contributed by atoms with van der Waals surface area (Å²) >= 11 is 0. The number of nitrogens with two attached hydrogens (primary N) is 1. The van der Waals surface area contributed by atoms with Crippen molar-refractivity contribution in [1.82, 2.24) is 0 Å². The Labute approximate surface area is 345 Å². The first kappa shape index (κ1) is 54.4. The Morgan fingerprint density at radius 2 is 1.14 bits per heavy atom. The van der Waals surface area contributed by atoms with E-state index >= 15 is 0 Å². The number of carbonyl (C=O) groups excluding carboxylic acids is 2. The summed E-state index contributed by atoms with van der Waals surface area (Å²) < 4.78 is 32.6. The molecule has 0 rings (SSSR count). The SMILES string of the molecule is CC/C=C\C/C=C\C/C=C\C/C=C\C[C@@H](O)[C@H](O)CCCC(=O)O[C@H](COC(=O)CCCCCCCCC/C=C\C/C=C\CCCCC)COP(=O)(O)OCCN. The number of aliphatic hydroxyl groups is 2. The average molecular weight is 824 g/mol. The van der Waals surface area contributed by atoms with Gasteiger partial charge in [0.1, 0.15) is 6.61 Å². The van der Waals surface area contributed by atoms with Crippen LogP contribution >= 0.6 is 7.82 Å². The first-order chi connectivity index (χ1) is 27.6. The van der Waals surface area contributed by atoms with Crippen molar-refractivity contribution >= 4 is 19.8 Å². The van der Waals surface area contributed by atoms with Gasteiger partial charge in [-0.15, -0.1) is 0 Å². The Hall–Kier alpha value is -2.63. The van der Waals surface area contributed by atoms with Crippen LogP contribution in [0.1, 0.15) is 155 Å². The van der Waals surface area contributed by atoms with Crippen LogP contribution in [-0.2, 0) is 32.7 Å². The van der Waals surface area contributed by atoms with Gasteiger partial charge in [0.2, 0.25) is 0 Å². The largest absolute Gasteiger partial charge is 0.472 e.